The van der Waals surface area contributed by atoms with Crippen molar-refractivity contribution in [3.63, 3.8) is 0 Å². The number of rotatable bonds is 6. The van der Waals surface area contributed by atoms with Gasteiger partial charge in [-0.05, 0) is 24.3 Å². The number of carbonyl (C=O) groups excluding carboxylic acids is 1. The summed E-state index contributed by atoms with van der Waals surface area (Å²) in [6.45, 7) is 2.32. The molecule has 1 aliphatic heterocycles. The molecule has 27 heavy (non-hydrogen) atoms. The van der Waals surface area contributed by atoms with Gasteiger partial charge in [-0.15, -0.1) is 11.3 Å². The summed E-state index contributed by atoms with van der Waals surface area (Å²) >= 11 is 7.52. The van der Waals surface area contributed by atoms with Gasteiger partial charge in [-0.2, -0.15) is 9.78 Å². The van der Waals surface area contributed by atoms with Crippen LogP contribution in [0.3, 0.4) is 0 Å². The molecule has 6 nitrogen and oxygen atoms in total. The SMILES string of the molecule is COc1ccccc1C(=O)n1nc(C2CNC2)cc1NCc1ccc(Cl)s1. The Morgan fingerprint density at radius 1 is 1.37 bits per heavy atom. The first-order chi connectivity index (χ1) is 13.2. The van der Waals surface area contributed by atoms with Crippen molar-refractivity contribution in [3.8, 4) is 5.75 Å². The summed E-state index contributed by atoms with van der Waals surface area (Å²) in [6, 6.07) is 13.0. The van der Waals surface area contributed by atoms with Gasteiger partial charge in [-0.1, -0.05) is 23.7 Å². The van der Waals surface area contributed by atoms with Gasteiger partial charge in [0.05, 0.1) is 29.2 Å². The molecule has 0 atom stereocenters. The first kappa shape index (κ1) is 18.0. The van der Waals surface area contributed by atoms with Crippen molar-refractivity contribution in [3.05, 3.63) is 62.9 Å². The largest absolute Gasteiger partial charge is 0.496 e. The maximum Gasteiger partial charge on any atom is 0.283 e. The Bertz CT molecular complexity index is 964. The average Bonchev–Trinajstić information content (AvgIpc) is 3.24. The fourth-order valence-corrected chi connectivity index (χ4v) is 3.96. The van der Waals surface area contributed by atoms with E-state index in [1.54, 1.807) is 19.2 Å². The molecule has 1 fully saturated rings. The number of benzene rings is 1. The second-order valence-corrected chi connectivity index (χ2v) is 8.09. The van der Waals surface area contributed by atoms with Crippen molar-refractivity contribution < 1.29 is 9.53 Å². The van der Waals surface area contributed by atoms with Crippen molar-refractivity contribution >= 4 is 34.7 Å². The third kappa shape index (κ3) is 3.71. The van der Waals surface area contributed by atoms with Crippen LogP contribution in [-0.2, 0) is 6.54 Å². The highest BCUT2D eigenvalue weighted by atomic mass is 35.5. The number of hydrogen-bond donors (Lipinski definition) is 2. The van der Waals surface area contributed by atoms with Gasteiger partial charge in [0, 0.05) is 30.0 Å². The highest BCUT2D eigenvalue weighted by molar-refractivity contribution is 7.16. The van der Waals surface area contributed by atoms with Gasteiger partial charge in [0.2, 0.25) is 0 Å². The van der Waals surface area contributed by atoms with Crippen LogP contribution < -0.4 is 15.4 Å². The first-order valence-corrected chi connectivity index (χ1v) is 9.81. The molecule has 3 heterocycles. The second-order valence-electron chi connectivity index (χ2n) is 6.29. The van der Waals surface area contributed by atoms with Crippen LogP contribution in [0.15, 0.2) is 42.5 Å². The van der Waals surface area contributed by atoms with Crippen molar-refractivity contribution in [2.75, 3.05) is 25.5 Å². The lowest BCUT2D eigenvalue weighted by Crippen LogP contribution is -2.40. The number of hydrogen-bond acceptors (Lipinski definition) is 6. The van der Waals surface area contributed by atoms with Crippen molar-refractivity contribution in [2.45, 2.75) is 12.5 Å². The lowest BCUT2D eigenvalue weighted by Gasteiger charge is -2.24. The van der Waals surface area contributed by atoms with Gasteiger partial charge in [-0.3, -0.25) is 4.79 Å². The predicted molar refractivity (Wildman–Crippen MR) is 107 cm³/mol. The van der Waals surface area contributed by atoms with Gasteiger partial charge in [0.25, 0.3) is 5.91 Å². The lowest BCUT2D eigenvalue weighted by molar-refractivity contribution is 0.0943. The molecule has 140 valence electrons. The zero-order valence-corrected chi connectivity index (χ0v) is 16.3. The van der Waals surface area contributed by atoms with Crippen LogP contribution in [0.5, 0.6) is 5.75 Å². The third-order valence-electron chi connectivity index (χ3n) is 4.53. The Kier molecular flexibility index (Phi) is 5.15. The standard InChI is InChI=1S/C19H19ClN4O2S/c1-26-16-5-3-2-4-14(16)19(25)24-18(8-15(23-24)12-9-21-10-12)22-11-13-6-7-17(20)27-13/h2-8,12,21-22H,9-11H2,1H3. The minimum atomic E-state index is -0.224. The monoisotopic (exact) mass is 402 g/mol. The number of para-hydroxylation sites is 1. The molecule has 0 bridgehead atoms. The molecule has 2 N–H and O–H groups in total. The predicted octanol–water partition coefficient (Wildman–Crippen LogP) is 3.59. The molecule has 0 aliphatic carbocycles. The summed E-state index contributed by atoms with van der Waals surface area (Å²) in [5.41, 5.74) is 1.38. The Morgan fingerprint density at radius 3 is 2.85 bits per heavy atom. The summed E-state index contributed by atoms with van der Waals surface area (Å²) in [7, 11) is 1.56. The van der Waals surface area contributed by atoms with Crippen molar-refractivity contribution in [2.24, 2.45) is 0 Å². The van der Waals surface area contributed by atoms with E-state index in [2.05, 4.69) is 15.7 Å². The number of carbonyl (C=O) groups is 1. The molecule has 0 unspecified atom stereocenters. The van der Waals surface area contributed by atoms with Gasteiger partial charge in [-0.25, -0.2) is 0 Å². The van der Waals surface area contributed by atoms with Gasteiger partial charge >= 0.3 is 0 Å². The number of thiophene rings is 1. The Hall–Kier alpha value is -2.35. The van der Waals surface area contributed by atoms with Crippen molar-refractivity contribution in [1.29, 1.82) is 0 Å². The molecule has 1 saturated heterocycles. The number of nitrogens with zero attached hydrogens (tertiary/aromatic N) is 2. The lowest BCUT2D eigenvalue weighted by atomic mass is 10.00. The highest BCUT2D eigenvalue weighted by Gasteiger charge is 2.26. The van der Waals surface area contributed by atoms with Crippen LogP contribution in [0.25, 0.3) is 0 Å². The fraction of sp³-hybridized carbons (Fsp3) is 0.263. The van der Waals surface area contributed by atoms with Crippen LogP contribution in [0, 0.1) is 0 Å². The van der Waals surface area contributed by atoms with Crippen LogP contribution in [0.2, 0.25) is 4.34 Å². The Morgan fingerprint density at radius 2 is 2.19 bits per heavy atom. The molecule has 1 aromatic carbocycles. The Labute approximate surface area is 166 Å². The number of anilines is 1. The average molecular weight is 403 g/mol. The second kappa shape index (κ2) is 7.72. The zero-order chi connectivity index (χ0) is 18.8. The highest BCUT2D eigenvalue weighted by Crippen LogP contribution is 2.27. The van der Waals surface area contributed by atoms with Crippen molar-refractivity contribution in [1.82, 2.24) is 15.1 Å². The summed E-state index contributed by atoms with van der Waals surface area (Å²) in [5.74, 6) is 1.30. The summed E-state index contributed by atoms with van der Waals surface area (Å²) < 4.78 is 7.51. The number of ether oxygens (including phenoxy) is 1. The molecule has 0 radical (unpaired) electrons. The van der Waals surface area contributed by atoms with Crippen LogP contribution in [0.4, 0.5) is 5.82 Å². The van der Waals surface area contributed by atoms with E-state index in [0.717, 1.165) is 28.0 Å². The topological polar surface area (TPSA) is 68.2 Å². The quantitative estimate of drug-likeness (QED) is 0.659. The van der Waals surface area contributed by atoms with Crippen LogP contribution >= 0.6 is 22.9 Å². The van der Waals surface area contributed by atoms with E-state index in [-0.39, 0.29) is 5.91 Å². The van der Waals surface area contributed by atoms with E-state index in [9.17, 15) is 4.79 Å². The van der Waals surface area contributed by atoms with E-state index >= 15 is 0 Å². The molecule has 0 spiro atoms. The number of halogens is 1. The fourth-order valence-electron chi connectivity index (χ4n) is 2.94. The van der Waals surface area contributed by atoms with Gasteiger partial charge in [0.15, 0.2) is 0 Å². The molecule has 3 aromatic rings. The van der Waals surface area contributed by atoms with Crippen LogP contribution in [-0.4, -0.2) is 35.9 Å². The van der Waals surface area contributed by atoms with Gasteiger partial charge in [0.1, 0.15) is 11.6 Å². The third-order valence-corrected chi connectivity index (χ3v) is 5.76. The molecule has 8 heteroatoms. The molecule has 1 aliphatic rings. The maximum atomic E-state index is 13.2. The van der Waals surface area contributed by atoms with E-state index in [1.165, 1.54) is 16.0 Å². The normalized spacial score (nSPS) is 14.0. The summed E-state index contributed by atoms with van der Waals surface area (Å²) in [4.78, 5) is 14.2. The zero-order valence-electron chi connectivity index (χ0n) is 14.7. The summed E-state index contributed by atoms with van der Waals surface area (Å²) in [6.07, 6.45) is 0. The number of nitrogens with one attached hydrogen (secondary N) is 2. The maximum absolute atomic E-state index is 13.2. The minimum absolute atomic E-state index is 0.224. The van der Waals surface area contributed by atoms with Crippen LogP contribution in [0.1, 0.15) is 26.8 Å². The molecule has 4 rings (SSSR count). The molecule has 0 saturated carbocycles. The van der Waals surface area contributed by atoms with E-state index < -0.39 is 0 Å². The van der Waals surface area contributed by atoms with E-state index in [1.807, 2.05) is 30.3 Å². The molecular formula is C19H19ClN4O2S. The molecular weight excluding hydrogens is 384 g/mol. The minimum Gasteiger partial charge on any atom is -0.496 e. The molecule has 0 amide bonds. The van der Waals surface area contributed by atoms with E-state index in [0.29, 0.717) is 29.6 Å². The Balaban J connectivity index is 1.65. The number of aromatic nitrogens is 2. The first-order valence-electron chi connectivity index (χ1n) is 8.62. The van der Waals surface area contributed by atoms with E-state index in [4.69, 9.17) is 16.3 Å². The van der Waals surface area contributed by atoms with Gasteiger partial charge < -0.3 is 15.4 Å². The molecule has 2 aromatic heterocycles. The number of methoxy groups -OCH3 is 1. The smallest absolute Gasteiger partial charge is 0.283 e. The summed E-state index contributed by atoms with van der Waals surface area (Å²) in [5, 5.41) is 11.2.